The summed E-state index contributed by atoms with van der Waals surface area (Å²) in [7, 11) is -4.21. The topological polar surface area (TPSA) is 66.4 Å². The Morgan fingerprint density at radius 3 is 2.25 bits per heavy atom. The maximum absolute atomic E-state index is 10.7. The van der Waals surface area contributed by atoms with Crippen LogP contribution in [0.2, 0.25) is 0 Å². The molecule has 1 atom stereocenters. The van der Waals surface area contributed by atoms with Gasteiger partial charge in [-0.1, -0.05) is 13.8 Å². The van der Waals surface area contributed by atoms with Crippen molar-refractivity contribution in [2.75, 3.05) is 6.61 Å². The van der Waals surface area contributed by atoms with E-state index in [1.54, 1.807) is 13.8 Å². The molecule has 0 bridgehead atoms. The van der Waals surface area contributed by atoms with Gasteiger partial charge in [0.1, 0.15) is 0 Å². The van der Waals surface area contributed by atoms with Crippen LogP contribution in [-0.4, -0.2) is 12.1 Å². The molecule has 4 nitrogen and oxygen atoms in total. The molecule has 0 saturated carbocycles. The fourth-order valence-electron chi connectivity index (χ4n) is 0.338. The summed E-state index contributed by atoms with van der Waals surface area (Å²) in [4.78, 5) is 21.1. The molecule has 0 aliphatic heterocycles. The summed E-state index contributed by atoms with van der Waals surface area (Å²) in [5.41, 5.74) is -0.918. The molecule has 0 rings (SSSR count). The standard InChI is InChI=1S/C6H13O4P.Li/c1-5(2)4-10-11(8,9)6(3)7;/h5H,4H2,1-3H3,(H,8,9);/q;+1/p-1. The van der Waals surface area contributed by atoms with Crippen LogP contribution in [0.5, 0.6) is 0 Å². The Morgan fingerprint density at radius 1 is 1.58 bits per heavy atom. The minimum Gasteiger partial charge on any atom is -0.773 e. The van der Waals surface area contributed by atoms with E-state index in [0.29, 0.717) is 0 Å². The maximum atomic E-state index is 10.7. The summed E-state index contributed by atoms with van der Waals surface area (Å²) in [6.45, 7) is 4.66. The van der Waals surface area contributed by atoms with E-state index in [4.69, 9.17) is 0 Å². The molecule has 0 aromatic rings. The molecule has 0 radical (unpaired) electrons. The van der Waals surface area contributed by atoms with E-state index < -0.39 is 13.1 Å². The largest absolute Gasteiger partial charge is 1.00 e. The Kier molecular flexibility index (Phi) is 7.41. The summed E-state index contributed by atoms with van der Waals surface area (Å²) in [5, 5.41) is 0. The SMILES string of the molecule is CC(=O)P(=O)([O-])OCC(C)C.[Li+]. The van der Waals surface area contributed by atoms with Crippen LogP contribution in [0.15, 0.2) is 0 Å². The van der Waals surface area contributed by atoms with Gasteiger partial charge in [0.05, 0.1) is 6.61 Å². The average Bonchev–Trinajstić information content (AvgIpc) is 1.84. The van der Waals surface area contributed by atoms with Crippen LogP contribution in [0.25, 0.3) is 0 Å². The van der Waals surface area contributed by atoms with Gasteiger partial charge in [-0.05, 0) is 5.92 Å². The first-order valence-electron chi connectivity index (χ1n) is 3.33. The van der Waals surface area contributed by atoms with Crippen LogP contribution in [0.3, 0.4) is 0 Å². The van der Waals surface area contributed by atoms with Crippen molar-refractivity contribution in [3.05, 3.63) is 0 Å². The van der Waals surface area contributed by atoms with E-state index >= 15 is 0 Å². The summed E-state index contributed by atoms with van der Waals surface area (Å²) >= 11 is 0. The van der Waals surface area contributed by atoms with Gasteiger partial charge in [-0.2, -0.15) is 0 Å². The first-order valence-corrected chi connectivity index (χ1v) is 4.87. The van der Waals surface area contributed by atoms with Gasteiger partial charge in [0.15, 0.2) is 7.60 Å². The minimum absolute atomic E-state index is 0. The fraction of sp³-hybridized carbons (Fsp3) is 0.833. The molecule has 66 valence electrons. The summed E-state index contributed by atoms with van der Waals surface area (Å²) in [6, 6.07) is 0. The van der Waals surface area contributed by atoms with E-state index in [1.165, 1.54) is 0 Å². The first-order chi connectivity index (χ1) is 4.86. The van der Waals surface area contributed by atoms with Crippen molar-refractivity contribution < 1.29 is 37.6 Å². The molecule has 0 fully saturated rings. The zero-order chi connectivity index (χ0) is 9.07. The molecule has 0 aliphatic carbocycles. The van der Waals surface area contributed by atoms with Gasteiger partial charge in [-0.25, -0.2) is 0 Å². The molecule has 0 saturated heterocycles. The zero-order valence-corrected chi connectivity index (χ0v) is 8.76. The van der Waals surface area contributed by atoms with E-state index in [2.05, 4.69) is 4.52 Å². The van der Waals surface area contributed by atoms with Crippen LogP contribution in [0, 0.1) is 5.92 Å². The quantitative estimate of drug-likeness (QED) is 0.368. The molecule has 0 amide bonds. The molecule has 6 heteroatoms. The molecule has 1 unspecified atom stereocenters. The molecule has 0 aromatic heterocycles. The smallest absolute Gasteiger partial charge is 0.773 e. The first kappa shape index (κ1) is 14.9. The number of carbonyl (C=O) groups is 1. The molecule has 0 N–H and O–H groups in total. The van der Waals surface area contributed by atoms with Gasteiger partial charge >= 0.3 is 18.9 Å². The van der Waals surface area contributed by atoms with Crippen molar-refractivity contribution >= 4 is 13.1 Å². The minimum atomic E-state index is -4.21. The Hall–Kier alpha value is 0.417. The second-order valence-corrected chi connectivity index (χ2v) is 4.59. The molecule has 12 heavy (non-hydrogen) atoms. The molecular formula is C6H12LiO4P. The Bertz CT molecular complexity index is 192. The summed E-state index contributed by atoms with van der Waals surface area (Å²) in [5.74, 6) is 0.108. The van der Waals surface area contributed by atoms with Gasteiger partial charge in [0, 0.05) is 6.92 Å². The van der Waals surface area contributed by atoms with Crippen LogP contribution >= 0.6 is 7.60 Å². The molecule has 0 heterocycles. The number of hydrogen-bond acceptors (Lipinski definition) is 4. The second kappa shape index (κ2) is 5.96. The molecular weight excluding hydrogens is 174 g/mol. The zero-order valence-electron chi connectivity index (χ0n) is 7.86. The van der Waals surface area contributed by atoms with Crippen LogP contribution in [0.4, 0.5) is 0 Å². The van der Waals surface area contributed by atoms with Crippen molar-refractivity contribution in [1.82, 2.24) is 0 Å². The van der Waals surface area contributed by atoms with Gasteiger partial charge in [-0.15, -0.1) is 0 Å². The van der Waals surface area contributed by atoms with Crippen molar-refractivity contribution in [1.29, 1.82) is 0 Å². The third-order valence-electron chi connectivity index (χ3n) is 0.963. The molecule has 0 aromatic carbocycles. The van der Waals surface area contributed by atoms with Crippen molar-refractivity contribution in [2.45, 2.75) is 20.8 Å². The van der Waals surface area contributed by atoms with E-state index in [9.17, 15) is 14.3 Å². The molecule has 0 aliphatic rings. The molecule has 0 spiro atoms. The third kappa shape index (κ3) is 5.99. The normalized spacial score (nSPS) is 15.1. The van der Waals surface area contributed by atoms with E-state index in [1.807, 2.05) is 0 Å². The maximum Gasteiger partial charge on any atom is 1.00 e. The van der Waals surface area contributed by atoms with Gasteiger partial charge in [-0.3, -0.25) is 4.79 Å². The summed E-state index contributed by atoms with van der Waals surface area (Å²) in [6.07, 6.45) is 0. The predicted octanol–water partition coefficient (Wildman–Crippen LogP) is -2.24. The monoisotopic (exact) mass is 186 g/mol. The Morgan fingerprint density at radius 2 is 2.00 bits per heavy atom. The summed E-state index contributed by atoms with van der Waals surface area (Å²) < 4.78 is 15.1. The van der Waals surface area contributed by atoms with Crippen LogP contribution in [-0.2, 0) is 13.9 Å². The number of rotatable bonds is 4. The van der Waals surface area contributed by atoms with E-state index in [0.717, 1.165) is 6.92 Å². The van der Waals surface area contributed by atoms with Crippen molar-refractivity contribution in [3.8, 4) is 0 Å². The number of hydrogen-bond donors (Lipinski definition) is 0. The van der Waals surface area contributed by atoms with Crippen molar-refractivity contribution in [3.63, 3.8) is 0 Å². The van der Waals surface area contributed by atoms with Crippen LogP contribution in [0.1, 0.15) is 20.8 Å². The average molecular weight is 186 g/mol. The van der Waals surface area contributed by atoms with E-state index in [-0.39, 0.29) is 31.4 Å². The Labute approximate surface area is 84.4 Å². The van der Waals surface area contributed by atoms with Gasteiger partial charge < -0.3 is 14.0 Å². The predicted molar refractivity (Wildman–Crippen MR) is 39.1 cm³/mol. The number of carbonyl (C=O) groups excluding carboxylic acids is 1. The van der Waals surface area contributed by atoms with Crippen molar-refractivity contribution in [2.24, 2.45) is 5.92 Å². The van der Waals surface area contributed by atoms with Crippen LogP contribution < -0.4 is 23.8 Å². The van der Waals surface area contributed by atoms with Gasteiger partial charge in [0.25, 0.3) is 0 Å². The third-order valence-corrected chi connectivity index (χ3v) is 2.22. The fourth-order valence-corrected chi connectivity index (χ4v) is 1.01. The Balaban J connectivity index is 0. The second-order valence-electron chi connectivity index (χ2n) is 2.71. The van der Waals surface area contributed by atoms with Gasteiger partial charge in [0.2, 0.25) is 5.52 Å².